The highest BCUT2D eigenvalue weighted by Gasteiger charge is 2.16. The van der Waals surface area contributed by atoms with Gasteiger partial charge >= 0.3 is 0 Å². The third-order valence-corrected chi connectivity index (χ3v) is 4.01. The molecule has 2 heterocycles. The van der Waals surface area contributed by atoms with Crippen molar-refractivity contribution in [3.05, 3.63) is 72.1 Å². The summed E-state index contributed by atoms with van der Waals surface area (Å²) in [5, 5.41) is 6.94. The van der Waals surface area contributed by atoms with E-state index in [1.54, 1.807) is 35.3 Å². The van der Waals surface area contributed by atoms with E-state index in [2.05, 4.69) is 15.4 Å². The lowest BCUT2D eigenvalue weighted by Crippen LogP contribution is -2.15. The van der Waals surface area contributed by atoms with Gasteiger partial charge in [0.1, 0.15) is 24.2 Å². The van der Waals surface area contributed by atoms with E-state index in [0.29, 0.717) is 35.6 Å². The number of carbonyl (C=O) groups excluding carboxylic acids is 1. The molecule has 1 amide bonds. The van der Waals surface area contributed by atoms with Crippen LogP contribution in [-0.2, 0) is 4.79 Å². The highest BCUT2D eigenvalue weighted by Crippen LogP contribution is 2.27. The maximum Gasteiger partial charge on any atom is 0.251 e. The first kappa shape index (κ1) is 16.0. The second-order valence-corrected chi connectivity index (χ2v) is 5.79. The first-order valence-electron chi connectivity index (χ1n) is 8.08. The van der Waals surface area contributed by atoms with Crippen molar-refractivity contribution < 1.29 is 13.9 Å². The predicted molar refractivity (Wildman–Crippen MR) is 94.5 cm³/mol. The monoisotopic (exact) mass is 350 g/mol. The molecule has 1 aliphatic heterocycles. The van der Waals surface area contributed by atoms with Crippen LogP contribution in [0.5, 0.6) is 5.75 Å². The number of nitrogens with zero attached hydrogens (tertiary/aromatic N) is 3. The van der Waals surface area contributed by atoms with E-state index < -0.39 is 0 Å². The molecule has 1 aromatic heterocycles. The van der Waals surface area contributed by atoms with Crippen LogP contribution >= 0.6 is 0 Å². The number of hydrogen-bond acceptors (Lipinski definition) is 4. The molecule has 3 aromatic rings. The molecule has 0 atom stereocenters. The summed E-state index contributed by atoms with van der Waals surface area (Å²) in [6.45, 7) is 0.358. The second kappa shape index (κ2) is 6.79. The maximum absolute atomic E-state index is 13.5. The molecule has 26 heavy (non-hydrogen) atoms. The number of anilines is 1. The van der Waals surface area contributed by atoms with Crippen LogP contribution in [0.2, 0.25) is 0 Å². The van der Waals surface area contributed by atoms with Gasteiger partial charge in [-0.2, -0.15) is 5.10 Å². The summed E-state index contributed by atoms with van der Waals surface area (Å²) in [7, 11) is 0. The number of amides is 1. The maximum atomic E-state index is 13.5. The first-order chi connectivity index (χ1) is 12.7. The third-order valence-electron chi connectivity index (χ3n) is 4.01. The Morgan fingerprint density at radius 2 is 2.15 bits per heavy atom. The Hall–Kier alpha value is -3.48. The molecule has 4 rings (SSSR count). The molecule has 1 aliphatic rings. The van der Waals surface area contributed by atoms with Gasteiger partial charge in [0.25, 0.3) is 5.91 Å². The van der Waals surface area contributed by atoms with E-state index >= 15 is 0 Å². The van der Waals surface area contributed by atoms with E-state index in [4.69, 9.17) is 4.74 Å². The molecule has 2 aromatic carbocycles. The zero-order chi connectivity index (χ0) is 17.9. The van der Waals surface area contributed by atoms with E-state index in [1.165, 1.54) is 18.5 Å². The van der Waals surface area contributed by atoms with E-state index in [-0.39, 0.29) is 11.7 Å². The van der Waals surface area contributed by atoms with Gasteiger partial charge in [0, 0.05) is 23.2 Å². The summed E-state index contributed by atoms with van der Waals surface area (Å²) in [6.07, 6.45) is 5.13. The van der Waals surface area contributed by atoms with E-state index in [1.807, 2.05) is 12.1 Å². The Morgan fingerprint density at radius 1 is 1.23 bits per heavy atom. The molecule has 0 unspecified atom stereocenters. The molecular formula is C19H15FN4O2. The lowest BCUT2D eigenvalue weighted by Gasteiger charge is -2.09. The van der Waals surface area contributed by atoms with Crippen molar-refractivity contribution in [1.29, 1.82) is 0 Å². The smallest absolute Gasteiger partial charge is 0.251 e. The van der Waals surface area contributed by atoms with Gasteiger partial charge in [0.05, 0.1) is 12.3 Å². The zero-order valence-corrected chi connectivity index (χ0v) is 13.7. The minimum absolute atomic E-state index is 0.249. The van der Waals surface area contributed by atoms with Crippen LogP contribution in [0.4, 0.5) is 10.1 Å². The van der Waals surface area contributed by atoms with Gasteiger partial charge in [-0.3, -0.25) is 4.79 Å². The standard InChI is InChI=1S/C19H15FN4O2/c20-15-4-5-18-14(9-15)8-13(6-7-26-18)19(25)23-16-2-1-3-17(10-16)24-12-21-11-22-24/h1-5,8-12H,6-7H2,(H,23,25). The molecule has 0 saturated carbocycles. The molecule has 0 bridgehead atoms. The fraction of sp³-hybridized carbons (Fsp3) is 0.105. The molecule has 0 aliphatic carbocycles. The van der Waals surface area contributed by atoms with Crippen LogP contribution in [0.15, 0.2) is 60.7 Å². The Bertz CT molecular complexity index is 983. The second-order valence-electron chi connectivity index (χ2n) is 5.79. The highest BCUT2D eigenvalue weighted by atomic mass is 19.1. The number of ether oxygens (including phenoxy) is 1. The minimum atomic E-state index is -0.370. The number of halogens is 1. The van der Waals surface area contributed by atoms with Crippen molar-refractivity contribution in [3.63, 3.8) is 0 Å². The van der Waals surface area contributed by atoms with Crippen LogP contribution in [0, 0.1) is 5.82 Å². The van der Waals surface area contributed by atoms with E-state index in [9.17, 15) is 9.18 Å². The number of rotatable bonds is 3. The number of carbonyl (C=O) groups is 1. The minimum Gasteiger partial charge on any atom is -0.493 e. The van der Waals surface area contributed by atoms with Crippen molar-refractivity contribution in [1.82, 2.24) is 14.8 Å². The number of fused-ring (bicyclic) bond motifs is 1. The lowest BCUT2D eigenvalue weighted by atomic mass is 10.1. The third kappa shape index (κ3) is 3.32. The molecule has 1 N–H and O–H groups in total. The zero-order valence-electron chi connectivity index (χ0n) is 13.7. The van der Waals surface area contributed by atoms with Crippen LogP contribution in [0.25, 0.3) is 11.8 Å². The van der Waals surface area contributed by atoms with Crippen molar-refractivity contribution in [3.8, 4) is 11.4 Å². The summed E-state index contributed by atoms with van der Waals surface area (Å²) in [5.74, 6) is -0.0466. The summed E-state index contributed by atoms with van der Waals surface area (Å²) in [5.41, 5.74) is 2.50. The summed E-state index contributed by atoms with van der Waals surface area (Å²) in [6, 6.07) is 11.5. The molecular weight excluding hydrogens is 335 g/mol. The quantitative estimate of drug-likeness (QED) is 0.787. The van der Waals surface area contributed by atoms with Crippen molar-refractivity contribution in [2.24, 2.45) is 0 Å². The Labute approximate surface area is 148 Å². The average molecular weight is 350 g/mol. The normalized spacial score (nSPS) is 13.2. The van der Waals surface area contributed by atoms with Gasteiger partial charge in [-0.1, -0.05) is 6.07 Å². The number of benzene rings is 2. The van der Waals surface area contributed by atoms with Gasteiger partial charge < -0.3 is 10.1 Å². The topological polar surface area (TPSA) is 69.0 Å². The molecule has 0 fully saturated rings. The Balaban J connectivity index is 1.57. The van der Waals surface area contributed by atoms with Gasteiger partial charge in [-0.25, -0.2) is 14.1 Å². The summed E-state index contributed by atoms with van der Waals surface area (Å²) < 4.78 is 20.7. The molecule has 0 radical (unpaired) electrons. The number of aromatic nitrogens is 3. The van der Waals surface area contributed by atoms with Gasteiger partial charge in [0.2, 0.25) is 0 Å². The Kier molecular flexibility index (Phi) is 4.18. The predicted octanol–water partition coefficient (Wildman–Crippen LogP) is 3.21. The number of nitrogens with one attached hydrogen (secondary N) is 1. The van der Waals surface area contributed by atoms with Crippen molar-refractivity contribution in [2.75, 3.05) is 11.9 Å². The molecule has 0 saturated heterocycles. The summed E-state index contributed by atoms with van der Waals surface area (Å²) >= 11 is 0. The summed E-state index contributed by atoms with van der Waals surface area (Å²) in [4.78, 5) is 16.6. The van der Waals surface area contributed by atoms with Crippen LogP contribution in [0.1, 0.15) is 12.0 Å². The van der Waals surface area contributed by atoms with Crippen LogP contribution in [0.3, 0.4) is 0 Å². The number of hydrogen-bond donors (Lipinski definition) is 1. The van der Waals surface area contributed by atoms with Gasteiger partial charge in [0.15, 0.2) is 0 Å². The van der Waals surface area contributed by atoms with Gasteiger partial charge in [-0.05, 0) is 42.5 Å². The molecule has 7 heteroatoms. The fourth-order valence-corrected chi connectivity index (χ4v) is 2.75. The van der Waals surface area contributed by atoms with Crippen molar-refractivity contribution >= 4 is 17.7 Å². The SMILES string of the molecule is O=C(Nc1cccc(-n2cncn2)c1)C1=Cc2cc(F)ccc2OCC1. The first-order valence-corrected chi connectivity index (χ1v) is 8.08. The van der Waals surface area contributed by atoms with Crippen molar-refractivity contribution in [2.45, 2.75) is 6.42 Å². The molecule has 130 valence electrons. The van der Waals surface area contributed by atoms with Crippen LogP contribution in [-0.4, -0.2) is 27.3 Å². The van der Waals surface area contributed by atoms with Gasteiger partial charge in [-0.15, -0.1) is 0 Å². The molecule has 0 spiro atoms. The average Bonchev–Trinajstić information content (AvgIpc) is 3.09. The largest absolute Gasteiger partial charge is 0.493 e. The highest BCUT2D eigenvalue weighted by molar-refractivity contribution is 6.07. The molecule has 6 nitrogen and oxygen atoms in total. The fourth-order valence-electron chi connectivity index (χ4n) is 2.75. The lowest BCUT2D eigenvalue weighted by molar-refractivity contribution is -0.113. The Morgan fingerprint density at radius 3 is 3.00 bits per heavy atom. The van der Waals surface area contributed by atoms with Crippen LogP contribution < -0.4 is 10.1 Å². The van der Waals surface area contributed by atoms with E-state index in [0.717, 1.165) is 5.69 Å².